The van der Waals surface area contributed by atoms with Crippen LogP contribution in [0, 0.1) is 11.8 Å². The number of carbonyl (C=O) groups is 1. The van der Waals surface area contributed by atoms with Crippen LogP contribution in [0.5, 0.6) is 5.75 Å². The van der Waals surface area contributed by atoms with Crippen LogP contribution in [-0.2, 0) is 4.74 Å². The molecule has 1 fully saturated rings. The predicted molar refractivity (Wildman–Crippen MR) is 83.9 cm³/mol. The first kappa shape index (κ1) is 16.0. The van der Waals surface area contributed by atoms with E-state index in [0.29, 0.717) is 18.1 Å². The van der Waals surface area contributed by atoms with E-state index < -0.39 is 0 Å². The molecule has 3 nitrogen and oxygen atoms in total. The average molecular weight is 290 g/mol. The van der Waals surface area contributed by atoms with Gasteiger partial charge in [-0.1, -0.05) is 13.8 Å². The van der Waals surface area contributed by atoms with Crippen LogP contribution in [0.4, 0.5) is 0 Å². The predicted octanol–water partition coefficient (Wildman–Crippen LogP) is 4.11. The van der Waals surface area contributed by atoms with Gasteiger partial charge < -0.3 is 9.47 Å². The van der Waals surface area contributed by atoms with E-state index in [4.69, 9.17) is 9.47 Å². The molecule has 1 aromatic rings. The van der Waals surface area contributed by atoms with Crippen molar-refractivity contribution in [3.8, 4) is 5.75 Å². The molecule has 1 aliphatic carbocycles. The Morgan fingerprint density at radius 1 is 1.14 bits per heavy atom. The minimum absolute atomic E-state index is 0.0457. The van der Waals surface area contributed by atoms with E-state index in [-0.39, 0.29) is 18.5 Å². The molecule has 0 N–H and O–H groups in total. The van der Waals surface area contributed by atoms with Gasteiger partial charge in [0.05, 0.1) is 12.7 Å². The molecular formula is C18H26O3. The Bertz CT molecular complexity index is 452. The summed E-state index contributed by atoms with van der Waals surface area (Å²) in [5, 5.41) is 0. The molecule has 0 radical (unpaired) electrons. The third kappa shape index (κ3) is 4.57. The second-order valence-corrected chi connectivity index (χ2v) is 6.08. The summed E-state index contributed by atoms with van der Waals surface area (Å²) in [7, 11) is 0. The van der Waals surface area contributed by atoms with Crippen LogP contribution < -0.4 is 4.74 Å². The summed E-state index contributed by atoms with van der Waals surface area (Å²) < 4.78 is 11.2. The zero-order chi connectivity index (χ0) is 15.2. The van der Waals surface area contributed by atoms with Crippen LogP contribution in [0.15, 0.2) is 24.3 Å². The van der Waals surface area contributed by atoms with Gasteiger partial charge in [-0.25, -0.2) is 0 Å². The zero-order valence-corrected chi connectivity index (χ0v) is 13.3. The Morgan fingerprint density at radius 3 is 2.48 bits per heavy atom. The van der Waals surface area contributed by atoms with E-state index in [9.17, 15) is 4.79 Å². The first-order valence-corrected chi connectivity index (χ1v) is 7.97. The van der Waals surface area contributed by atoms with E-state index in [1.54, 1.807) is 0 Å². The van der Waals surface area contributed by atoms with Crippen molar-refractivity contribution in [3.05, 3.63) is 29.8 Å². The van der Waals surface area contributed by atoms with Crippen molar-refractivity contribution in [1.82, 2.24) is 0 Å². The van der Waals surface area contributed by atoms with Crippen molar-refractivity contribution in [2.45, 2.75) is 46.1 Å². The maximum Gasteiger partial charge on any atom is 0.188 e. The molecule has 3 atom stereocenters. The summed E-state index contributed by atoms with van der Waals surface area (Å²) in [4.78, 5) is 12.1. The fourth-order valence-electron chi connectivity index (χ4n) is 2.83. The Balaban J connectivity index is 1.81. The molecule has 116 valence electrons. The van der Waals surface area contributed by atoms with Gasteiger partial charge in [0.25, 0.3) is 0 Å². The summed E-state index contributed by atoms with van der Waals surface area (Å²) in [5.41, 5.74) is 0.690. The monoisotopic (exact) mass is 290 g/mol. The fourth-order valence-corrected chi connectivity index (χ4v) is 2.83. The number of ether oxygens (including phenoxy) is 2. The van der Waals surface area contributed by atoms with Gasteiger partial charge in [-0.2, -0.15) is 0 Å². The highest BCUT2D eigenvalue weighted by atomic mass is 16.5. The van der Waals surface area contributed by atoms with E-state index in [0.717, 1.165) is 24.5 Å². The topological polar surface area (TPSA) is 35.5 Å². The number of hydrogen-bond donors (Lipinski definition) is 0. The van der Waals surface area contributed by atoms with Gasteiger partial charge in [-0.15, -0.1) is 0 Å². The minimum Gasteiger partial charge on any atom is -0.494 e. The van der Waals surface area contributed by atoms with Crippen LogP contribution >= 0.6 is 0 Å². The van der Waals surface area contributed by atoms with Gasteiger partial charge in [0.1, 0.15) is 12.4 Å². The summed E-state index contributed by atoms with van der Waals surface area (Å²) in [6.07, 6.45) is 3.57. The number of carbonyl (C=O) groups excluding carboxylic acids is 1. The number of rotatable bonds is 6. The Hall–Kier alpha value is -1.35. The molecule has 2 rings (SSSR count). The van der Waals surface area contributed by atoms with Crippen molar-refractivity contribution in [2.75, 3.05) is 13.2 Å². The van der Waals surface area contributed by atoms with Crippen LogP contribution in [0.25, 0.3) is 0 Å². The largest absolute Gasteiger partial charge is 0.494 e. The fraction of sp³-hybridized carbons (Fsp3) is 0.611. The van der Waals surface area contributed by atoms with E-state index in [2.05, 4.69) is 13.8 Å². The lowest BCUT2D eigenvalue weighted by atomic mass is 9.80. The molecule has 3 unspecified atom stereocenters. The second-order valence-electron chi connectivity index (χ2n) is 6.08. The lowest BCUT2D eigenvalue weighted by Gasteiger charge is -2.31. The minimum atomic E-state index is 0.0457. The molecule has 0 saturated heterocycles. The zero-order valence-electron chi connectivity index (χ0n) is 13.3. The van der Waals surface area contributed by atoms with Crippen molar-refractivity contribution >= 4 is 5.78 Å². The van der Waals surface area contributed by atoms with Crippen molar-refractivity contribution in [2.24, 2.45) is 11.8 Å². The smallest absolute Gasteiger partial charge is 0.188 e. The van der Waals surface area contributed by atoms with Crippen LogP contribution in [0.3, 0.4) is 0 Å². The van der Waals surface area contributed by atoms with Gasteiger partial charge in [0.2, 0.25) is 0 Å². The average Bonchev–Trinajstić information content (AvgIpc) is 2.49. The summed E-state index contributed by atoms with van der Waals surface area (Å²) in [6, 6.07) is 7.28. The molecule has 21 heavy (non-hydrogen) atoms. The Labute approximate surface area is 127 Å². The molecule has 0 aromatic heterocycles. The third-order valence-electron chi connectivity index (χ3n) is 4.49. The van der Waals surface area contributed by atoms with Gasteiger partial charge in [-0.05, 0) is 62.3 Å². The van der Waals surface area contributed by atoms with Crippen LogP contribution in [-0.4, -0.2) is 25.1 Å². The van der Waals surface area contributed by atoms with Crippen molar-refractivity contribution in [1.29, 1.82) is 0 Å². The Morgan fingerprint density at radius 2 is 1.86 bits per heavy atom. The van der Waals surface area contributed by atoms with Crippen LogP contribution in [0.2, 0.25) is 0 Å². The van der Waals surface area contributed by atoms with Gasteiger partial charge >= 0.3 is 0 Å². The quantitative estimate of drug-likeness (QED) is 0.740. The second kappa shape index (κ2) is 7.60. The molecule has 3 heteroatoms. The van der Waals surface area contributed by atoms with Crippen LogP contribution in [0.1, 0.15) is 50.4 Å². The van der Waals surface area contributed by atoms with E-state index >= 15 is 0 Å². The number of benzene rings is 1. The normalized spacial score (nSPS) is 25.6. The lowest BCUT2D eigenvalue weighted by Crippen LogP contribution is -2.28. The summed E-state index contributed by atoms with van der Waals surface area (Å²) in [6.45, 7) is 7.33. The number of hydrogen-bond acceptors (Lipinski definition) is 3. The highest BCUT2D eigenvalue weighted by Crippen LogP contribution is 2.30. The first-order valence-electron chi connectivity index (χ1n) is 7.97. The van der Waals surface area contributed by atoms with Crippen molar-refractivity contribution in [3.63, 3.8) is 0 Å². The summed E-state index contributed by atoms with van der Waals surface area (Å²) >= 11 is 0. The molecule has 0 amide bonds. The van der Waals surface area contributed by atoms with Gasteiger partial charge in [0, 0.05) is 5.56 Å². The molecule has 1 saturated carbocycles. The molecular weight excluding hydrogens is 264 g/mol. The lowest BCUT2D eigenvalue weighted by molar-refractivity contribution is 0.00708. The third-order valence-corrected chi connectivity index (χ3v) is 4.49. The molecule has 0 spiro atoms. The van der Waals surface area contributed by atoms with Gasteiger partial charge in [0.15, 0.2) is 5.78 Å². The standard InChI is InChI=1S/C18H26O3/c1-4-20-16-9-6-15(7-10-16)18(19)12-21-17-8-5-13(2)14(3)11-17/h6-7,9-10,13-14,17H,4-5,8,11-12H2,1-3H3. The molecule has 0 heterocycles. The molecule has 1 aliphatic rings. The highest BCUT2D eigenvalue weighted by molar-refractivity contribution is 5.97. The highest BCUT2D eigenvalue weighted by Gasteiger charge is 2.25. The Kier molecular flexibility index (Phi) is 5.80. The molecule has 0 aliphatic heterocycles. The van der Waals surface area contributed by atoms with E-state index in [1.165, 1.54) is 6.42 Å². The first-order chi connectivity index (χ1) is 10.1. The van der Waals surface area contributed by atoms with Crippen molar-refractivity contribution < 1.29 is 14.3 Å². The molecule has 1 aromatic carbocycles. The van der Waals surface area contributed by atoms with E-state index in [1.807, 2.05) is 31.2 Å². The SMILES string of the molecule is CCOc1ccc(C(=O)COC2CCC(C)C(C)C2)cc1. The maximum absolute atomic E-state index is 12.1. The van der Waals surface area contributed by atoms with Gasteiger partial charge in [-0.3, -0.25) is 4.79 Å². The molecule has 0 bridgehead atoms. The summed E-state index contributed by atoms with van der Waals surface area (Å²) in [5.74, 6) is 2.30. The number of Topliss-reactive ketones (excluding diaryl/α,β-unsaturated/α-hetero) is 1. The maximum atomic E-state index is 12.1. The number of ketones is 1.